The predicted molar refractivity (Wildman–Crippen MR) is 144 cm³/mol. The first kappa shape index (κ1) is 25.2. The van der Waals surface area contributed by atoms with Crippen LogP contribution >= 0.6 is 0 Å². The zero-order chi connectivity index (χ0) is 26.2. The van der Waals surface area contributed by atoms with Crippen molar-refractivity contribution in [3.05, 3.63) is 69.6 Å². The average Bonchev–Trinajstić information content (AvgIpc) is 2.82. The van der Waals surface area contributed by atoms with Crippen molar-refractivity contribution in [1.29, 1.82) is 0 Å². The minimum absolute atomic E-state index is 0.0844. The molecule has 4 aromatic rings. The number of carbonyl (C=O) groups excluding carboxylic acids is 1. The Kier molecular flexibility index (Phi) is 6.76. The summed E-state index contributed by atoms with van der Waals surface area (Å²) in [6, 6.07) is 14.0. The minimum atomic E-state index is -0.536. The van der Waals surface area contributed by atoms with Gasteiger partial charge in [0.1, 0.15) is 5.60 Å². The van der Waals surface area contributed by atoms with Crippen LogP contribution in [0.25, 0.3) is 32.8 Å². The molecule has 0 spiro atoms. The average molecular weight is 488 g/mol. The molecule has 1 amide bonds. The first-order valence-corrected chi connectivity index (χ1v) is 12.1. The van der Waals surface area contributed by atoms with Crippen LogP contribution in [0.4, 0.5) is 4.79 Å². The SMILES string of the molecule is COc1nc(C)c2[nH]c(=O)c3c(C)cccc3c2c1-c1ccc(C(C)CNC(=O)OC(C)(C)C)cc1. The number of pyridine rings is 2. The Labute approximate surface area is 210 Å². The number of aryl methyl sites for hydroxylation is 2. The number of alkyl carbamates (subject to hydrolysis) is 1. The third-order valence-corrected chi connectivity index (χ3v) is 6.27. The molecule has 0 aliphatic rings. The van der Waals surface area contributed by atoms with Gasteiger partial charge in [-0.15, -0.1) is 0 Å². The second kappa shape index (κ2) is 9.64. The molecule has 0 saturated heterocycles. The van der Waals surface area contributed by atoms with Crippen molar-refractivity contribution in [3.8, 4) is 17.0 Å². The number of ether oxygens (including phenoxy) is 2. The van der Waals surface area contributed by atoms with E-state index in [9.17, 15) is 9.59 Å². The van der Waals surface area contributed by atoms with Crippen LogP contribution in [0.3, 0.4) is 0 Å². The summed E-state index contributed by atoms with van der Waals surface area (Å²) in [5, 5.41) is 5.28. The van der Waals surface area contributed by atoms with Crippen molar-refractivity contribution in [1.82, 2.24) is 15.3 Å². The van der Waals surface area contributed by atoms with Crippen LogP contribution in [0, 0.1) is 13.8 Å². The number of hydrogen-bond acceptors (Lipinski definition) is 5. The number of nitrogens with zero attached hydrogens (tertiary/aromatic N) is 1. The lowest BCUT2D eigenvalue weighted by molar-refractivity contribution is 0.0525. The monoisotopic (exact) mass is 487 g/mol. The molecule has 2 heterocycles. The van der Waals surface area contributed by atoms with Crippen LogP contribution in [0.15, 0.2) is 47.3 Å². The maximum Gasteiger partial charge on any atom is 0.407 e. The van der Waals surface area contributed by atoms with Gasteiger partial charge in [-0.05, 0) is 62.6 Å². The Morgan fingerprint density at radius 3 is 2.42 bits per heavy atom. The molecule has 1 unspecified atom stereocenters. The van der Waals surface area contributed by atoms with Crippen molar-refractivity contribution in [2.45, 2.75) is 53.1 Å². The molecular formula is C29H33N3O4. The van der Waals surface area contributed by atoms with Gasteiger partial charge in [-0.2, -0.15) is 0 Å². The fraction of sp³-hybridized carbons (Fsp3) is 0.345. The molecule has 0 saturated carbocycles. The van der Waals surface area contributed by atoms with Gasteiger partial charge in [0.05, 0.1) is 29.3 Å². The van der Waals surface area contributed by atoms with Crippen LogP contribution < -0.4 is 15.6 Å². The van der Waals surface area contributed by atoms with Gasteiger partial charge < -0.3 is 19.8 Å². The number of methoxy groups -OCH3 is 1. The third-order valence-electron chi connectivity index (χ3n) is 6.27. The molecule has 7 heteroatoms. The molecule has 4 rings (SSSR count). The molecule has 188 valence electrons. The molecule has 0 fully saturated rings. The normalized spacial score (nSPS) is 12.5. The third kappa shape index (κ3) is 4.91. The van der Waals surface area contributed by atoms with E-state index in [1.54, 1.807) is 7.11 Å². The highest BCUT2D eigenvalue weighted by Crippen LogP contribution is 2.39. The number of amides is 1. The Bertz CT molecular complexity index is 1500. The van der Waals surface area contributed by atoms with Crippen molar-refractivity contribution in [2.24, 2.45) is 0 Å². The maximum atomic E-state index is 12.9. The number of hydrogen-bond donors (Lipinski definition) is 2. The first-order valence-electron chi connectivity index (χ1n) is 12.1. The summed E-state index contributed by atoms with van der Waals surface area (Å²) in [7, 11) is 1.61. The number of carbonyl (C=O) groups is 1. The summed E-state index contributed by atoms with van der Waals surface area (Å²) >= 11 is 0. The van der Waals surface area contributed by atoms with E-state index in [0.717, 1.165) is 33.0 Å². The van der Waals surface area contributed by atoms with Gasteiger partial charge >= 0.3 is 6.09 Å². The largest absolute Gasteiger partial charge is 0.481 e. The highest BCUT2D eigenvalue weighted by Gasteiger charge is 2.20. The lowest BCUT2D eigenvalue weighted by Gasteiger charge is -2.21. The van der Waals surface area contributed by atoms with E-state index in [-0.39, 0.29) is 11.5 Å². The van der Waals surface area contributed by atoms with Crippen LogP contribution in [-0.4, -0.2) is 35.3 Å². The smallest absolute Gasteiger partial charge is 0.407 e. The molecule has 2 aromatic carbocycles. The number of aromatic amines is 1. The van der Waals surface area contributed by atoms with E-state index >= 15 is 0 Å². The van der Waals surface area contributed by atoms with Crippen molar-refractivity contribution in [3.63, 3.8) is 0 Å². The lowest BCUT2D eigenvalue weighted by atomic mass is 9.93. The lowest BCUT2D eigenvalue weighted by Crippen LogP contribution is -2.34. The molecule has 2 N–H and O–H groups in total. The number of nitrogens with one attached hydrogen (secondary N) is 2. The van der Waals surface area contributed by atoms with E-state index in [0.29, 0.717) is 29.0 Å². The number of aromatic nitrogens is 2. The maximum absolute atomic E-state index is 12.9. The molecule has 7 nitrogen and oxygen atoms in total. The molecular weight excluding hydrogens is 454 g/mol. The van der Waals surface area contributed by atoms with E-state index in [1.165, 1.54) is 0 Å². The molecule has 0 radical (unpaired) electrons. The minimum Gasteiger partial charge on any atom is -0.481 e. The van der Waals surface area contributed by atoms with E-state index in [1.807, 2.05) is 77.1 Å². The topological polar surface area (TPSA) is 93.3 Å². The fourth-order valence-electron chi connectivity index (χ4n) is 4.52. The van der Waals surface area contributed by atoms with Crippen LogP contribution in [0.1, 0.15) is 50.4 Å². The van der Waals surface area contributed by atoms with Gasteiger partial charge in [-0.1, -0.05) is 49.4 Å². The molecule has 2 aromatic heterocycles. The second-order valence-electron chi connectivity index (χ2n) is 10.2. The number of benzene rings is 2. The van der Waals surface area contributed by atoms with Gasteiger partial charge in [0, 0.05) is 11.9 Å². The van der Waals surface area contributed by atoms with E-state index in [4.69, 9.17) is 9.47 Å². The van der Waals surface area contributed by atoms with Gasteiger partial charge in [0.2, 0.25) is 5.88 Å². The summed E-state index contributed by atoms with van der Waals surface area (Å²) in [5.41, 5.74) is 4.48. The van der Waals surface area contributed by atoms with Crippen molar-refractivity contribution >= 4 is 27.8 Å². The number of fused-ring (bicyclic) bond motifs is 3. The van der Waals surface area contributed by atoms with Gasteiger partial charge in [-0.3, -0.25) is 4.79 Å². The van der Waals surface area contributed by atoms with Crippen LogP contribution in [0.5, 0.6) is 5.88 Å². The Morgan fingerprint density at radius 2 is 1.78 bits per heavy atom. The zero-order valence-corrected chi connectivity index (χ0v) is 21.9. The first-order chi connectivity index (χ1) is 17.0. The van der Waals surface area contributed by atoms with Gasteiger partial charge in [0.15, 0.2) is 0 Å². The molecule has 36 heavy (non-hydrogen) atoms. The molecule has 1 atom stereocenters. The Balaban J connectivity index is 1.76. The van der Waals surface area contributed by atoms with Crippen LogP contribution in [-0.2, 0) is 4.74 Å². The van der Waals surface area contributed by atoms with E-state index in [2.05, 4.69) is 22.2 Å². The highest BCUT2D eigenvalue weighted by atomic mass is 16.6. The summed E-state index contributed by atoms with van der Waals surface area (Å²) in [6.45, 7) is 11.8. The highest BCUT2D eigenvalue weighted by molar-refractivity contribution is 6.14. The van der Waals surface area contributed by atoms with Crippen molar-refractivity contribution in [2.75, 3.05) is 13.7 Å². The van der Waals surface area contributed by atoms with Gasteiger partial charge in [-0.25, -0.2) is 9.78 Å². The summed E-state index contributed by atoms with van der Waals surface area (Å²) < 4.78 is 11.0. The second-order valence-corrected chi connectivity index (χ2v) is 10.2. The Morgan fingerprint density at radius 1 is 1.08 bits per heavy atom. The van der Waals surface area contributed by atoms with Crippen LogP contribution in [0.2, 0.25) is 0 Å². The fourth-order valence-corrected chi connectivity index (χ4v) is 4.52. The summed E-state index contributed by atoms with van der Waals surface area (Å²) in [5.74, 6) is 0.587. The predicted octanol–water partition coefficient (Wildman–Crippen LogP) is 6.00. The Hall–Kier alpha value is -3.87. The van der Waals surface area contributed by atoms with Gasteiger partial charge in [0.25, 0.3) is 5.56 Å². The standard InChI is InChI=1S/C29H33N3O4/c1-16-9-8-10-21-22(16)26(33)32-25-18(3)31-27(35-7)23(24(21)25)20-13-11-19(12-14-20)17(2)15-30-28(34)36-29(4,5)6/h8-14,17H,15H2,1-7H3,(H,30,34)(H,32,33). The number of rotatable bonds is 5. The molecule has 0 aliphatic carbocycles. The van der Waals surface area contributed by atoms with Crippen molar-refractivity contribution < 1.29 is 14.3 Å². The number of H-pyrrole nitrogens is 1. The zero-order valence-electron chi connectivity index (χ0n) is 21.9. The summed E-state index contributed by atoms with van der Waals surface area (Å²) in [4.78, 5) is 32.7. The molecule has 0 aliphatic heterocycles. The summed E-state index contributed by atoms with van der Waals surface area (Å²) in [6.07, 6.45) is -0.427. The van der Waals surface area contributed by atoms with E-state index < -0.39 is 11.7 Å². The quantitative estimate of drug-likeness (QED) is 0.337. The molecule has 0 bridgehead atoms.